The number of nitrogens with one attached hydrogen (secondary N) is 1. The molecule has 1 aliphatic rings. The average molecular weight is 495 g/mol. The number of rotatable bonds is 3. The summed E-state index contributed by atoms with van der Waals surface area (Å²) in [6.45, 7) is 6.24. The summed E-state index contributed by atoms with van der Waals surface area (Å²) in [6, 6.07) is 1.89. The van der Waals surface area contributed by atoms with Gasteiger partial charge in [0.25, 0.3) is 0 Å². The summed E-state index contributed by atoms with van der Waals surface area (Å²) in [6.07, 6.45) is 3.85. The normalized spacial score (nSPS) is 13.9. The van der Waals surface area contributed by atoms with Crippen LogP contribution in [-0.2, 0) is 29.5 Å². The second-order valence-corrected chi connectivity index (χ2v) is 10.6. The van der Waals surface area contributed by atoms with Gasteiger partial charge < -0.3 is 15.0 Å². The Morgan fingerprint density at radius 2 is 2.06 bits per heavy atom. The molecule has 1 N–H and O–H groups in total. The van der Waals surface area contributed by atoms with Crippen molar-refractivity contribution < 1.29 is 14.3 Å². The van der Waals surface area contributed by atoms with Gasteiger partial charge in [-0.25, -0.2) is 4.79 Å². The molecule has 0 saturated carbocycles. The molecule has 170 valence electrons. The number of hydrogen-bond acceptors (Lipinski definition) is 5. The maximum atomic E-state index is 12.7. The minimum absolute atomic E-state index is 0.108. The van der Waals surface area contributed by atoms with E-state index in [1.807, 2.05) is 25.5 Å². The Morgan fingerprint density at radius 1 is 1.31 bits per heavy atom. The highest BCUT2D eigenvalue weighted by molar-refractivity contribution is 7.20. The number of halogens is 2. The van der Waals surface area contributed by atoms with E-state index in [4.69, 9.17) is 27.9 Å². The standard InChI is InChI=1S/C22H24Cl2N4O3S/c1-22(2,3)31-21(30)25-9-17(29)28-6-5-13-16(11-28)32-20-18(13)14(7-15(23)19(20)24)12-8-26-27(4)10-12/h7-8,10H,5-6,9,11H2,1-4H3,(H,25,30). The van der Waals surface area contributed by atoms with Gasteiger partial charge in [0.1, 0.15) is 12.1 Å². The van der Waals surface area contributed by atoms with Crippen LogP contribution in [0.5, 0.6) is 0 Å². The Kier molecular flexibility index (Phi) is 6.13. The molecule has 0 spiro atoms. The number of carbonyl (C=O) groups excluding carboxylic acids is 2. The van der Waals surface area contributed by atoms with E-state index >= 15 is 0 Å². The largest absolute Gasteiger partial charge is 0.444 e. The van der Waals surface area contributed by atoms with Crippen molar-refractivity contribution in [2.24, 2.45) is 7.05 Å². The van der Waals surface area contributed by atoms with Gasteiger partial charge in [-0.1, -0.05) is 23.2 Å². The quantitative estimate of drug-likeness (QED) is 0.554. The number of nitrogens with zero attached hydrogens (tertiary/aromatic N) is 3. The van der Waals surface area contributed by atoms with Crippen molar-refractivity contribution in [1.29, 1.82) is 0 Å². The predicted molar refractivity (Wildman–Crippen MR) is 127 cm³/mol. The fourth-order valence-corrected chi connectivity index (χ4v) is 5.64. The van der Waals surface area contributed by atoms with Crippen LogP contribution in [0.25, 0.3) is 21.2 Å². The zero-order valence-electron chi connectivity index (χ0n) is 18.3. The number of carbonyl (C=O) groups is 2. The van der Waals surface area contributed by atoms with Crippen LogP contribution in [0.3, 0.4) is 0 Å². The van der Waals surface area contributed by atoms with Crippen molar-refractivity contribution in [2.75, 3.05) is 13.1 Å². The number of fused-ring (bicyclic) bond motifs is 3. The van der Waals surface area contributed by atoms with Gasteiger partial charge in [-0.15, -0.1) is 11.3 Å². The molecule has 0 unspecified atom stereocenters. The Hall–Kier alpha value is -2.29. The number of amides is 2. The minimum atomic E-state index is -0.614. The highest BCUT2D eigenvalue weighted by Crippen LogP contribution is 2.46. The molecule has 2 amide bonds. The number of benzene rings is 1. The lowest BCUT2D eigenvalue weighted by molar-refractivity contribution is -0.131. The maximum absolute atomic E-state index is 12.7. The molecule has 3 heterocycles. The molecule has 0 bridgehead atoms. The molecule has 1 aromatic carbocycles. The number of aromatic nitrogens is 2. The number of alkyl carbamates (subject to hydrolysis) is 1. The summed E-state index contributed by atoms with van der Waals surface area (Å²) in [5.41, 5.74) is 2.53. The SMILES string of the molecule is Cn1cc(-c2cc(Cl)c(Cl)c3sc4c(c23)CCN(C(=O)CNC(=O)OC(C)(C)C)C4)cn1. The van der Waals surface area contributed by atoms with Crippen molar-refractivity contribution in [3.05, 3.63) is 38.9 Å². The number of thiophene rings is 1. The first-order valence-electron chi connectivity index (χ1n) is 10.2. The Morgan fingerprint density at radius 3 is 2.72 bits per heavy atom. The van der Waals surface area contributed by atoms with E-state index in [-0.39, 0.29) is 12.5 Å². The Bertz CT molecular complexity index is 1210. The molecule has 0 aliphatic carbocycles. The third-order valence-corrected chi connectivity index (χ3v) is 7.29. The summed E-state index contributed by atoms with van der Waals surface area (Å²) in [5.74, 6) is -0.157. The molecule has 1 aliphatic heterocycles. The van der Waals surface area contributed by atoms with Gasteiger partial charge in [-0.05, 0) is 44.4 Å². The van der Waals surface area contributed by atoms with Crippen LogP contribution in [-0.4, -0.2) is 45.4 Å². The Balaban J connectivity index is 1.59. The fourth-order valence-electron chi connectivity index (χ4n) is 3.79. The summed E-state index contributed by atoms with van der Waals surface area (Å²) >= 11 is 14.6. The van der Waals surface area contributed by atoms with E-state index in [1.54, 1.807) is 41.7 Å². The number of hydrogen-bond donors (Lipinski definition) is 1. The maximum Gasteiger partial charge on any atom is 0.408 e. The average Bonchev–Trinajstić information content (AvgIpc) is 3.31. The molecule has 2 aromatic heterocycles. The summed E-state index contributed by atoms with van der Waals surface area (Å²) < 4.78 is 7.87. The van der Waals surface area contributed by atoms with Crippen LogP contribution in [0, 0.1) is 0 Å². The minimum Gasteiger partial charge on any atom is -0.444 e. The van der Waals surface area contributed by atoms with E-state index in [0.29, 0.717) is 29.6 Å². The van der Waals surface area contributed by atoms with Gasteiger partial charge >= 0.3 is 6.09 Å². The smallest absolute Gasteiger partial charge is 0.408 e. The third kappa shape index (κ3) is 4.58. The molecule has 0 atom stereocenters. The second kappa shape index (κ2) is 8.57. The first kappa shape index (κ1) is 22.9. The lowest BCUT2D eigenvalue weighted by atomic mass is 9.97. The van der Waals surface area contributed by atoms with E-state index < -0.39 is 11.7 Å². The van der Waals surface area contributed by atoms with Crippen molar-refractivity contribution in [2.45, 2.75) is 39.3 Å². The highest BCUT2D eigenvalue weighted by atomic mass is 35.5. The fraction of sp³-hybridized carbons (Fsp3) is 0.409. The molecule has 4 rings (SSSR count). The molecule has 3 aromatic rings. The van der Waals surface area contributed by atoms with E-state index in [9.17, 15) is 9.59 Å². The van der Waals surface area contributed by atoms with Crippen molar-refractivity contribution in [3.8, 4) is 11.1 Å². The molecule has 32 heavy (non-hydrogen) atoms. The first-order chi connectivity index (χ1) is 15.0. The zero-order chi connectivity index (χ0) is 23.2. The van der Waals surface area contributed by atoms with Crippen LogP contribution >= 0.6 is 34.5 Å². The van der Waals surface area contributed by atoms with E-state index in [2.05, 4.69) is 10.4 Å². The summed E-state index contributed by atoms with van der Waals surface area (Å²) in [4.78, 5) is 27.4. The van der Waals surface area contributed by atoms with E-state index in [1.165, 1.54) is 5.56 Å². The monoisotopic (exact) mass is 494 g/mol. The van der Waals surface area contributed by atoms with Crippen LogP contribution in [0.4, 0.5) is 4.79 Å². The van der Waals surface area contributed by atoms with Crippen LogP contribution in [0.2, 0.25) is 10.0 Å². The molecule has 10 heteroatoms. The van der Waals surface area contributed by atoms with Crippen LogP contribution in [0.1, 0.15) is 31.2 Å². The predicted octanol–water partition coefficient (Wildman–Crippen LogP) is 5.02. The lowest BCUT2D eigenvalue weighted by Crippen LogP contribution is -2.43. The van der Waals surface area contributed by atoms with E-state index in [0.717, 1.165) is 26.1 Å². The van der Waals surface area contributed by atoms with Crippen LogP contribution < -0.4 is 5.32 Å². The van der Waals surface area contributed by atoms with Crippen molar-refractivity contribution >= 4 is 56.6 Å². The van der Waals surface area contributed by atoms with Gasteiger partial charge in [0.2, 0.25) is 5.91 Å². The van der Waals surface area contributed by atoms with Crippen molar-refractivity contribution in [3.63, 3.8) is 0 Å². The van der Waals surface area contributed by atoms with Gasteiger partial charge in [0.05, 0.1) is 27.5 Å². The molecular formula is C22H24Cl2N4O3S. The second-order valence-electron chi connectivity index (χ2n) is 8.75. The first-order valence-corrected chi connectivity index (χ1v) is 11.8. The zero-order valence-corrected chi connectivity index (χ0v) is 20.6. The topological polar surface area (TPSA) is 76.5 Å². The highest BCUT2D eigenvalue weighted by Gasteiger charge is 2.28. The molecule has 0 fully saturated rings. The molecule has 7 nitrogen and oxygen atoms in total. The van der Waals surface area contributed by atoms with Gasteiger partial charge in [-0.3, -0.25) is 9.48 Å². The van der Waals surface area contributed by atoms with Gasteiger partial charge in [0, 0.05) is 35.6 Å². The Labute approximate surface area is 200 Å². The molecule has 0 saturated heterocycles. The molecular weight excluding hydrogens is 471 g/mol. The third-order valence-electron chi connectivity index (χ3n) is 5.16. The summed E-state index contributed by atoms with van der Waals surface area (Å²) in [5, 5.41) is 8.92. The molecule has 0 radical (unpaired) electrons. The summed E-state index contributed by atoms with van der Waals surface area (Å²) in [7, 11) is 1.87. The van der Waals surface area contributed by atoms with Gasteiger partial charge in [-0.2, -0.15) is 5.10 Å². The van der Waals surface area contributed by atoms with Crippen LogP contribution in [0.15, 0.2) is 18.5 Å². The number of aryl methyl sites for hydroxylation is 1. The van der Waals surface area contributed by atoms with Gasteiger partial charge in [0.15, 0.2) is 0 Å². The lowest BCUT2D eigenvalue weighted by Gasteiger charge is -2.27. The van der Waals surface area contributed by atoms with Crippen molar-refractivity contribution in [1.82, 2.24) is 20.0 Å². The number of ether oxygens (including phenoxy) is 1.